The van der Waals surface area contributed by atoms with E-state index in [1.165, 1.54) is 36.4 Å². The lowest BCUT2D eigenvalue weighted by Gasteiger charge is -2.70. The molecule has 2 bridgehead atoms. The highest BCUT2D eigenvalue weighted by molar-refractivity contribution is 6.31. The molecule has 3 saturated carbocycles. The Hall–Kier alpha value is -2.38. The highest BCUT2D eigenvalue weighted by Gasteiger charge is 2.68. The largest absolute Gasteiger partial charge is 0.486 e. The molecule has 0 unspecified atom stereocenters. The minimum atomic E-state index is -0.556. The van der Waals surface area contributed by atoms with Gasteiger partial charge < -0.3 is 14.8 Å². The normalized spacial score (nSPS) is 23.4. The van der Waals surface area contributed by atoms with Crippen LogP contribution in [0.2, 0.25) is 10.0 Å². The van der Waals surface area contributed by atoms with Crippen molar-refractivity contribution in [3.05, 3.63) is 58.1 Å². The van der Waals surface area contributed by atoms with Crippen LogP contribution in [0.1, 0.15) is 25.7 Å². The van der Waals surface area contributed by atoms with E-state index in [9.17, 15) is 18.4 Å². The smallest absolute Gasteiger partial charge is 0.258 e. The number of benzene rings is 2. The van der Waals surface area contributed by atoms with Gasteiger partial charge in [-0.2, -0.15) is 0 Å². The highest BCUT2D eigenvalue weighted by Crippen LogP contribution is 2.68. The van der Waals surface area contributed by atoms with E-state index in [1.807, 2.05) is 0 Å². The third-order valence-electron chi connectivity index (χ3n) is 5.67. The van der Waals surface area contributed by atoms with Crippen LogP contribution in [0.4, 0.5) is 8.78 Å². The molecule has 1 N–H and O–H groups in total. The topological polar surface area (TPSA) is 64.6 Å². The van der Waals surface area contributed by atoms with Crippen molar-refractivity contribution in [2.24, 2.45) is 5.41 Å². The van der Waals surface area contributed by atoms with Crippen LogP contribution in [-0.2, 0) is 9.59 Å². The standard InChI is InChI=1S/C22H19Cl2F2NO4/c23-16-5-14(1-3-18(16)25)30-8-13(28)7-21-10-22(11-21,12-21)27-20(29)9-31-15-2-4-19(26)17(24)6-15/h1-6H,7-12H2,(H,27,29). The zero-order valence-electron chi connectivity index (χ0n) is 16.4. The van der Waals surface area contributed by atoms with Crippen LogP contribution >= 0.6 is 23.2 Å². The summed E-state index contributed by atoms with van der Waals surface area (Å²) >= 11 is 11.4. The summed E-state index contributed by atoms with van der Waals surface area (Å²) in [4.78, 5) is 24.4. The van der Waals surface area contributed by atoms with Gasteiger partial charge in [-0.1, -0.05) is 23.2 Å². The maximum atomic E-state index is 13.2. The van der Waals surface area contributed by atoms with Crippen molar-refractivity contribution in [2.45, 2.75) is 31.2 Å². The van der Waals surface area contributed by atoms with E-state index in [4.69, 9.17) is 32.7 Å². The van der Waals surface area contributed by atoms with Gasteiger partial charge in [-0.3, -0.25) is 9.59 Å². The Kier molecular flexibility index (Phi) is 5.83. The van der Waals surface area contributed by atoms with Crippen LogP contribution in [0.5, 0.6) is 11.5 Å². The summed E-state index contributed by atoms with van der Waals surface area (Å²) in [5.74, 6) is -0.798. The SMILES string of the molecule is O=C(COc1ccc(F)c(Cl)c1)CC12CC(NC(=O)COc3ccc(F)c(Cl)c3)(C1)C2. The molecule has 31 heavy (non-hydrogen) atoms. The Morgan fingerprint density at radius 3 is 1.94 bits per heavy atom. The number of carbonyl (C=O) groups is 2. The molecule has 164 valence electrons. The summed E-state index contributed by atoms with van der Waals surface area (Å²) < 4.78 is 37.1. The third kappa shape index (κ3) is 4.77. The summed E-state index contributed by atoms with van der Waals surface area (Å²) in [7, 11) is 0. The van der Waals surface area contributed by atoms with E-state index in [2.05, 4.69) is 5.32 Å². The molecule has 0 saturated heterocycles. The fraction of sp³-hybridized carbons (Fsp3) is 0.364. The summed E-state index contributed by atoms with van der Waals surface area (Å²) in [6.07, 6.45) is 2.54. The number of nitrogens with one attached hydrogen (secondary N) is 1. The van der Waals surface area contributed by atoms with Crippen LogP contribution in [0, 0.1) is 17.0 Å². The van der Waals surface area contributed by atoms with Gasteiger partial charge in [-0.25, -0.2) is 8.78 Å². The van der Waals surface area contributed by atoms with E-state index in [0.717, 1.165) is 19.3 Å². The molecule has 0 radical (unpaired) electrons. The maximum absolute atomic E-state index is 13.2. The van der Waals surface area contributed by atoms with Gasteiger partial charge in [-0.15, -0.1) is 0 Å². The minimum absolute atomic E-state index is 0.0587. The van der Waals surface area contributed by atoms with Crippen LogP contribution < -0.4 is 14.8 Å². The zero-order chi connectivity index (χ0) is 22.2. The monoisotopic (exact) mass is 469 g/mol. The zero-order valence-corrected chi connectivity index (χ0v) is 17.9. The lowest BCUT2D eigenvalue weighted by atomic mass is 9.38. The Balaban J connectivity index is 1.17. The van der Waals surface area contributed by atoms with Crippen molar-refractivity contribution >= 4 is 34.9 Å². The molecule has 3 fully saturated rings. The molecule has 3 aliphatic rings. The number of amides is 1. The van der Waals surface area contributed by atoms with Gasteiger partial charge >= 0.3 is 0 Å². The van der Waals surface area contributed by atoms with Crippen molar-refractivity contribution in [2.75, 3.05) is 13.2 Å². The van der Waals surface area contributed by atoms with E-state index < -0.39 is 11.6 Å². The van der Waals surface area contributed by atoms with Gasteiger partial charge in [0.25, 0.3) is 5.91 Å². The van der Waals surface area contributed by atoms with Gasteiger partial charge in [-0.05, 0) is 48.9 Å². The molecule has 2 aromatic rings. The number of hydrogen-bond acceptors (Lipinski definition) is 4. The molecule has 3 aliphatic carbocycles. The molecule has 5 rings (SSSR count). The van der Waals surface area contributed by atoms with Crippen molar-refractivity contribution in [1.82, 2.24) is 5.32 Å². The van der Waals surface area contributed by atoms with Crippen molar-refractivity contribution in [3.8, 4) is 11.5 Å². The summed E-state index contributed by atoms with van der Waals surface area (Å²) in [5.41, 5.74) is -0.383. The van der Waals surface area contributed by atoms with Crippen molar-refractivity contribution in [3.63, 3.8) is 0 Å². The second-order valence-corrected chi connectivity index (χ2v) is 9.12. The Labute approximate surface area is 187 Å². The first kappa shape index (κ1) is 21.8. The fourth-order valence-corrected chi connectivity index (χ4v) is 4.91. The first-order valence-electron chi connectivity index (χ1n) is 9.66. The molecule has 2 aromatic carbocycles. The van der Waals surface area contributed by atoms with E-state index in [1.54, 1.807) is 0 Å². The molecule has 0 heterocycles. The van der Waals surface area contributed by atoms with Gasteiger partial charge in [0.05, 0.1) is 10.0 Å². The molecule has 0 aromatic heterocycles. The summed E-state index contributed by atoms with van der Waals surface area (Å²) in [5, 5.41) is 2.82. The Bertz CT molecular complexity index is 947. The molecular formula is C22H19Cl2F2NO4. The van der Waals surface area contributed by atoms with Crippen molar-refractivity contribution in [1.29, 1.82) is 0 Å². The predicted octanol–water partition coefficient (Wildman–Crippen LogP) is 4.73. The Morgan fingerprint density at radius 2 is 1.42 bits per heavy atom. The van der Waals surface area contributed by atoms with E-state index >= 15 is 0 Å². The number of rotatable bonds is 9. The Morgan fingerprint density at radius 1 is 0.903 bits per heavy atom. The van der Waals surface area contributed by atoms with Gasteiger partial charge in [0.15, 0.2) is 12.4 Å². The average molecular weight is 470 g/mol. The first-order valence-corrected chi connectivity index (χ1v) is 10.4. The van der Waals surface area contributed by atoms with Crippen LogP contribution in [0.15, 0.2) is 36.4 Å². The first-order chi connectivity index (χ1) is 14.7. The number of ketones is 1. The maximum Gasteiger partial charge on any atom is 0.258 e. The second kappa shape index (κ2) is 8.28. The summed E-state index contributed by atoms with van der Waals surface area (Å²) in [6, 6.07) is 7.82. The molecule has 1 amide bonds. The molecule has 5 nitrogen and oxygen atoms in total. The number of carbonyl (C=O) groups excluding carboxylic acids is 2. The van der Waals surface area contributed by atoms with Crippen LogP contribution in [0.3, 0.4) is 0 Å². The third-order valence-corrected chi connectivity index (χ3v) is 6.25. The fourth-order valence-electron chi connectivity index (χ4n) is 4.57. The number of ether oxygens (including phenoxy) is 2. The average Bonchev–Trinajstić information content (AvgIpc) is 2.67. The minimum Gasteiger partial charge on any atom is -0.486 e. The lowest BCUT2D eigenvalue weighted by Crippen LogP contribution is -2.75. The quantitative estimate of drug-likeness (QED) is 0.576. The molecule has 0 aliphatic heterocycles. The lowest BCUT2D eigenvalue weighted by molar-refractivity contribution is -0.173. The van der Waals surface area contributed by atoms with Gasteiger partial charge in [0, 0.05) is 24.1 Å². The molecule has 9 heteroatoms. The highest BCUT2D eigenvalue weighted by atomic mass is 35.5. The van der Waals surface area contributed by atoms with E-state index in [-0.39, 0.29) is 45.9 Å². The van der Waals surface area contributed by atoms with Gasteiger partial charge in [0.2, 0.25) is 0 Å². The second-order valence-electron chi connectivity index (χ2n) is 8.30. The van der Waals surface area contributed by atoms with Crippen LogP contribution in [0.25, 0.3) is 0 Å². The van der Waals surface area contributed by atoms with E-state index in [0.29, 0.717) is 17.9 Å². The molecule has 0 spiro atoms. The van der Waals surface area contributed by atoms with Crippen molar-refractivity contribution < 1.29 is 27.8 Å². The molecule has 0 atom stereocenters. The number of halogens is 4. The number of hydrogen-bond donors (Lipinski definition) is 1. The summed E-state index contributed by atoms with van der Waals surface area (Å²) in [6.45, 7) is -0.319. The van der Waals surface area contributed by atoms with Gasteiger partial charge in [0.1, 0.15) is 29.7 Å². The number of Topliss-reactive ketones (excluding diaryl/α,β-unsaturated/α-hetero) is 1. The molecular weight excluding hydrogens is 451 g/mol. The van der Waals surface area contributed by atoms with Crippen LogP contribution in [-0.4, -0.2) is 30.4 Å². The predicted molar refractivity (Wildman–Crippen MR) is 111 cm³/mol.